The number of hydrogen-bond donors (Lipinski definition) is 2. The molecular formula is C14H16N2O4. The van der Waals surface area contributed by atoms with Crippen LogP contribution in [0, 0.1) is 0 Å². The summed E-state index contributed by atoms with van der Waals surface area (Å²) in [6.45, 7) is 0. The molecule has 1 unspecified atom stereocenters. The second-order valence-corrected chi connectivity index (χ2v) is 4.20. The van der Waals surface area contributed by atoms with Gasteiger partial charge in [0.1, 0.15) is 0 Å². The summed E-state index contributed by atoms with van der Waals surface area (Å²) in [4.78, 5) is 23.6. The summed E-state index contributed by atoms with van der Waals surface area (Å²) >= 11 is 0. The van der Waals surface area contributed by atoms with E-state index in [2.05, 4.69) is 10.6 Å². The van der Waals surface area contributed by atoms with Crippen LogP contribution in [0.4, 0.5) is 5.69 Å². The van der Waals surface area contributed by atoms with Crippen molar-refractivity contribution in [3.63, 3.8) is 0 Å². The molecule has 1 amide bonds. The van der Waals surface area contributed by atoms with E-state index in [-0.39, 0.29) is 5.91 Å². The number of amides is 1. The number of hydrogen-bond acceptors (Lipinski definition) is 5. The Labute approximate surface area is 116 Å². The van der Waals surface area contributed by atoms with Crippen LogP contribution in [-0.2, 0) is 14.3 Å². The third-order valence-electron chi connectivity index (χ3n) is 3.09. The van der Waals surface area contributed by atoms with Gasteiger partial charge in [0.25, 0.3) is 5.91 Å². The van der Waals surface area contributed by atoms with E-state index in [1.807, 2.05) is 6.07 Å². The first-order valence-electron chi connectivity index (χ1n) is 6.06. The molecule has 1 aliphatic rings. The van der Waals surface area contributed by atoms with E-state index < -0.39 is 12.2 Å². The summed E-state index contributed by atoms with van der Waals surface area (Å²) in [7, 11) is 4.35. The van der Waals surface area contributed by atoms with E-state index in [1.54, 1.807) is 25.3 Å². The third-order valence-corrected chi connectivity index (χ3v) is 3.09. The fourth-order valence-corrected chi connectivity index (χ4v) is 2.10. The first kappa shape index (κ1) is 14.1. The second-order valence-electron chi connectivity index (χ2n) is 4.20. The van der Waals surface area contributed by atoms with Crippen LogP contribution in [0.3, 0.4) is 0 Å². The van der Waals surface area contributed by atoms with Crippen LogP contribution in [-0.4, -0.2) is 39.4 Å². The molecular weight excluding hydrogens is 260 g/mol. The van der Waals surface area contributed by atoms with Crippen molar-refractivity contribution in [2.75, 3.05) is 26.6 Å². The van der Waals surface area contributed by atoms with Crippen molar-refractivity contribution in [1.82, 2.24) is 5.32 Å². The predicted octanol–water partition coefficient (Wildman–Crippen LogP) is 1.00. The fraction of sp³-hybridized carbons (Fsp3) is 0.286. The maximum atomic E-state index is 11.8. The van der Waals surface area contributed by atoms with Crippen LogP contribution >= 0.6 is 0 Å². The summed E-state index contributed by atoms with van der Waals surface area (Å²) in [6, 6.07) is 5.27. The lowest BCUT2D eigenvalue weighted by Crippen LogP contribution is -2.33. The molecule has 0 bridgehead atoms. The maximum absolute atomic E-state index is 11.8. The zero-order chi connectivity index (χ0) is 14.7. The smallest absolute Gasteiger partial charge is 0.338 e. The first-order valence-corrected chi connectivity index (χ1v) is 6.06. The lowest BCUT2D eigenvalue weighted by Gasteiger charge is -2.27. The third kappa shape index (κ3) is 2.37. The Morgan fingerprint density at radius 3 is 2.65 bits per heavy atom. The summed E-state index contributed by atoms with van der Waals surface area (Å²) < 4.78 is 9.97. The topological polar surface area (TPSA) is 76.7 Å². The molecule has 1 atom stereocenters. The number of nitrogens with one attached hydrogen (secondary N) is 2. The van der Waals surface area contributed by atoms with Gasteiger partial charge in [-0.15, -0.1) is 0 Å². The number of anilines is 1. The molecule has 0 aromatic heterocycles. The second kappa shape index (κ2) is 5.75. The molecule has 2 rings (SSSR count). The van der Waals surface area contributed by atoms with Gasteiger partial charge < -0.3 is 20.1 Å². The predicted molar refractivity (Wildman–Crippen MR) is 74.2 cm³/mol. The maximum Gasteiger partial charge on any atom is 0.338 e. The van der Waals surface area contributed by atoms with Crippen molar-refractivity contribution in [2.45, 2.75) is 6.23 Å². The molecule has 0 aliphatic carbocycles. The SMILES string of the molecule is CNC(=O)c1cccc2c1NC(OC)C(C(=O)OC)=C2. The number of esters is 1. The lowest BCUT2D eigenvalue weighted by atomic mass is 9.99. The van der Waals surface area contributed by atoms with Gasteiger partial charge >= 0.3 is 5.97 Å². The van der Waals surface area contributed by atoms with Gasteiger partial charge in [0.2, 0.25) is 0 Å². The van der Waals surface area contributed by atoms with Gasteiger partial charge in [-0.3, -0.25) is 4.79 Å². The summed E-state index contributed by atoms with van der Waals surface area (Å²) in [5.41, 5.74) is 2.22. The molecule has 106 valence electrons. The van der Waals surface area contributed by atoms with Crippen molar-refractivity contribution in [2.24, 2.45) is 0 Å². The van der Waals surface area contributed by atoms with Gasteiger partial charge in [0.15, 0.2) is 6.23 Å². The molecule has 1 aliphatic heterocycles. The largest absolute Gasteiger partial charge is 0.466 e. The Balaban J connectivity index is 2.52. The zero-order valence-corrected chi connectivity index (χ0v) is 11.5. The Morgan fingerprint density at radius 2 is 2.05 bits per heavy atom. The molecule has 6 heteroatoms. The molecule has 6 nitrogen and oxygen atoms in total. The van der Waals surface area contributed by atoms with Gasteiger partial charge in [-0.05, 0) is 17.7 Å². The number of methoxy groups -OCH3 is 2. The number of ether oxygens (including phenoxy) is 2. The van der Waals surface area contributed by atoms with Gasteiger partial charge in [-0.25, -0.2) is 4.79 Å². The molecule has 0 radical (unpaired) electrons. The monoisotopic (exact) mass is 276 g/mol. The Kier molecular flexibility index (Phi) is 4.05. The van der Waals surface area contributed by atoms with Gasteiger partial charge in [0.05, 0.1) is 23.9 Å². The molecule has 0 saturated heterocycles. The van der Waals surface area contributed by atoms with Crippen molar-refractivity contribution in [3.05, 3.63) is 34.9 Å². The first-order chi connectivity index (χ1) is 9.62. The lowest BCUT2D eigenvalue weighted by molar-refractivity contribution is -0.137. The highest BCUT2D eigenvalue weighted by Crippen LogP contribution is 2.31. The van der Waals surface area contributed by atoms with Crippen molar-refractivity contribution < 1.29 is 19.1 Å². The summed E-state index contributed by atoms with van der Waals surface area (Å²) in [5.74, 6) is -0.681. The molecule has 0 saturated carbocycles. The van der Waals surface area contributed by atoms with E-state index in [0.717, 1.165) is 5.56 Å². The number of carbonyl (C=O) groups is 2. The zero-order valence-electron chi connectivity index (χ0n) is 11.5. The average Bonchev–Trinajstić information content (AvgIpc) is 2.51. The minimum atomic E-state index is -0.652. The normalized spacial score (nSPS) is 16.6. The van der Waals surface area contributed by atoms with E-state index in [1.165, 1.54) is 14.2 Å². The number of para-hydroxylation sites is 1. The fourth-order valence-electron chi connectivity index (χ4n) is 2.10. The Hall–Kier alpha value is -2.34. The van der Waals surface area contributed by atoms with Crippen LogP contribution in [0.1, 0.15) is 15.9 Å². The quantitative estimate of drug-likeness (QED) is 0.805. The van der Waals surface area contributed by atoms with Gasteiger partial charge in [-0.2, -0.15) is 0 Å². The number of carbonyl (C=O) groups excluding carboxylic acids is 2. The van der Waals surface area contributed by atoms with Crippen LogP contribution in [0.2, 0.25) is 0 Å². The van der Waals surface area contributed by atoms with E-state index in [4.69, 9.17) is 9.47 Å². The standard InChI is InChI=1S/C14H16N2O4/c1-15-12(17)9-6-4-5-8-7-10(14(18)20-3)13(19-2)16-11(8)9/h4-7,13,16H,1-3H3,(H,15,17). The van der Waals surface area contributed by atoms with Crippen molar-refractivity contribution >= 4 is 23.6 Å². The molecule has 1 aromatic carbocycles. The highest BCUT2D eigenvalue weighted by Gasteiger charge is 2.28. The summed E-state index contributed by atoms with van der Waals surface area (Å²) in [5, 5.41) is 5.62. The minimum Gasteiger partial charge on any atom is -0.466 e. The highest BCUT2D eigenvalue weighted by atomic mass is 16.5. The molecule has 20 heavy (non-hydrogen) atoms. The van der Waals surface area contributed by atoms with Gasteiger partial charge in [0, 0.05) is 14.2 Å². The van der Waals surface area contributed by atoms with E-state index >= 15 is 0 Å². The molecule has 2 N–H and O–H groups in total. The molecule has 0 fully saturated rings. The molecule has 1 heterocycles. The van der Waals surface area contributed by atoms with Crippen LogP contribution < -0.4 is 10.6 Å². The van der Waals surface area contributed by atoms with E-state index in [9.17, 15) is 9.59 Å². The summed E-state index contributed by atoms with van der Waals surface area (Å²) in [6.07, 6.45) is 1.01. The van der Waals surface area contributed by atoms with Crippen LogP contribution in [0.5, 0.6) is 0 Å². The molecule has 0 spiro atoms. The van der Waals surface area contributed by atoms with E-state index in [0.29, 0.717) is 16.8 Å². The van der Waals surface area contributed by atoms with Gasteiger partial charge in [-0.1, -0.05) is 12.1 Å². The minimum absolute atomic E-state index is 0.209. The molecule has 1 aromatic rings. The Morgan fingerprint density at radius 1 is 1.30 bits per heavy atom. The van der Waals surface area contributed by atoms with Crippen LogP contribution in [0.15, 0.2) is 23.8 Å². The average molecular weight is 276 g/mol. The Bertz CT molecular complexity index is 581. The van der Waals surface area contributed by atoms with Crippen molar-refractivity contribution in [1.29, 1.82) is 0 Å². The highest BCUT2D eigenvalue weighted by molar-refractivity contribution is 6.04. The number of benzene rings is 1. The number of fused-ring (bicyclic) bond motifs is 1. The van der Waals surface area contributed by atoms with Crippen molar-refractivity contribution in [3.8, 4) is 0 Å². The van der Waals surface area contributed by atoms with Crippen LogP contribution in [0.25, 0.3) is 6.08 Å². The number of rotatable bonds is 3.